The van der Waals surface area contributed by atoms with Gasteiger partial charge in [0.05, 0.1) is 6.61 Å². The van der Waals surface area contributed by atoms with Crippen molar-refractivity contribution >= 4 is 18.0 Å². The molecule has 1 fully saturated rings. The van der Waals surface area contributed by atoms with Gasteiger partial charge in [-0.1, -0.05) is 42.5 Å². The van der Waals surface area contributed by atoms with E-state index in [1.807, 2.05) is 57.2 Å². The maximum atomic E-state index is 12.5. The molecule has 0 aliphatic carbocycles. The van der Waals surface area contributed by atoms with E-state index in [-0.39, 0.29) is 17.4 Å². The molecule has 1 aliphatic rings. The molecular weight excluding hydrogens is 292 g/mol. The molecule has 1 saturated heterocycles. The van der Waals surface area contributed by atoms with Gasteiger partial charge in [0.15, 0.2) is 0 Å². The molecule has 0 radical (unpaired) electrons. The SMILES string of the molecule is CC(C)(C)NC(=O)C(/C=C/c1ccccc1)N[C@H]1CCOC1=O. The molecule has 2 atom stereocenters. The van der Waals surface area contributed by atoms with E-state index in [4.69, 9.17) is 4.74 Å². The molecule has 1 aromatic rings. The number of carbonyl (C=O) groups excluding carboxylic acids is 2. The monoisotopic (exact) mass is 316 g/mol. The van der Waals surface area contributed by atoms with Gasteiger partial charge in [0.25, 0.3) is 0 Å². The fraction of sp³-hybridized carbons (Fsp3) is 0.444. The van der Waals surface area contributed by atoms with E-state index in [0.29, 0.717) is 13.0 Å². The van der Waals surface area contributed by atoms with Gasteiger partial charge < -0.3 is 10.1 Å². The number of amides is 1. The maximum absolute atomic E-state index is 12.5. The Labute approximate surface area is 137 Å². The number of cyclic esters (lactones) is 1. The molecule has 1 heterocycles. The van der Waals surface area contributed by atoms with Gasteiger partial charge in [-0.15, -0.1) is 0 Å². The zero-order valence-electron chi connectivity index (χ0n) is 13.8. The van der Waals surface area contributed by atoms with E-state index in [9.17, 15) is 9.59 Å². The molecule has 124 valence electrons. The van der Waals surface area contributed by atoms with Crippen LogP contribution in [0.25, 0.3) is 6.08 Å². The highest BCUT2D eigenvalue weighted by molar-refractivity contribution is 5.87. The van der Waals surface area contributed by atoms with E-state index in [0.717, 1.165) is 5.56 Å². The van der Waals surface area contributed by atoms with Gasteiger partial charge in [-0.05, 0) is 26.3 Å². The number of ether oxygens (including phenoxy) is 1. The minimum Gasteiger partial charge on any atom is -0.464 e. The van der Waals surface area contributed by atoms with Crippen molar-refractivity contribution in [1.82, 2.24) is 10.6 Å². The van der Waals surface area contributed by atoms with E-state index in [1.165, 1.54) is 0 Å². The Morgan fingerprint density at radius 3 is 2.57 bits per heavy atom. The van der Waals surface area contributed by atoms with Gasteiger partial charge in [-0.3, -0.25) is 14.9 Å². The summed E-state index contributed by atoms with van der Waals surface area (Å²) in [6.07, 6.45) is 4.24. The summed E-state index contributed by atoms with van der Waals surface area (Å²) in [4.78, 5) is 24.1. The van der Waals surface area contributed by atoms with Crippen LogP contribution in [0.5, 0.6) is 0 Å². The second-order valence-electron chi connectivity index (χ2n) is 6.66. The number of hydrogen-bond donors (Lipinski definition) is 2. The Morgan fingerprint density at radius 2 is 2.00 bits per heavy atom. The fourth-order valence-electron chi connectivity index (χ4n) is 2.30. The molecule has 2 rings (SSSR count). The van der Waals surface area contributed by atoms with Crippen LogP contribution in [0.15, 0.2) is 36.4 Å². The van der Waals surface area contributed by atoms with Gasteiger partial charge in [-0.2, -0.15) is 0 Å². The van der Waals surface area contributed by atoms with Crippen LogP contribution >= 0.6 is 0 Å². The summed E-state index contributed by atoms with van der Waals surface area (Å²) in [5.41, 5.74) is 0.658. The van der Waals surface area contributed by atoms with Crippen LogP contribution < -0.4 is 10.6 Å². The summed E-state index contributed by atoms with van der Waals surface area (Å²) in [6.45, 7) is 6.17. The topological polar surface area (TPSA) is 67.4 Å². The largest absolute Gasteiger partial charge is 0.464 e. The lowest BCUT2D eigenvalue weighted by atomic mass is 10.1. The number of rotatable bonds is 5. The lowest BCUT2D eigenvalue weighted by Gasteiger charge is -2.25. The third-order valence-corrected chi connectivity index (χ3v) is 3.38. The van der Waals surface area contributed by atoms with Crippen molar-refractivity contribution < 1.29 is 14.3 Å². The first-order valence-electron chi connectivity index (χ1n) is 7.83. The number of nitrogens with one attached hydrogen (secondary N) is 2. The predicted molar refractivity (Wildman–Crippen MR) is 89.7 cm³/mol. The standard InChI is InChI=1S/C18H24N2O3/c1-18(2,3)20-16(21)14(19-15-11-12-23-17(15)22)10-9-13-7-5-4-6-8-13/h4-10,14-15,19H,11-12H2,1-3H3,(H,20,21)/b10-9+/t14?,15-/m0/s1. The molecule has 0 aromatic heterocycles. The van der Waals surface area contributed by atoms with E-state index < -0.39 is 12.1 Å². The molecular formula is C18H24N2O3. The van der Waals surface area contributed by atoms with Crippen LogP contribution in [-0.2, 0) is 14.3 Å². The first kappa shape index (κ1) is 17.2. The highest BCUT2D eigenvalue weighted by Crippen LogP contribution is 2.10. The minimum absolute atomic E-state index is 0.163. The summed E-state index contributed by atoms with van der Waals surface area (Å²) in [5.74, 6) is -0.462. The number of carbonyl (C=O) groups is 2. The van der Waals surface area contributed by atoms with Crippen LogP contribution in [-0.4, -0.2) is 36.1 Å². The lowest BCUT2D eigenvalue weighted by Crippen LogP contribution is -2.53. The first-order valence-corrected chi connectivity index (χ1v) is 7.83. The average molecular weight is 316 g/mol. The Hall–Kier alpha value is -2.14. The summed E-state index contributed by atoms with van der Waals surface area (Å²) in [6, 6.07) is 8.69. The number of benzene rings is 1. The minimum atomic E-state index is -0.593. The summed E-state index contributed by atoms with van der Waals surface area (Å²) in [7, 11) is 0. The Balaban J connectivity index is 2.11. The highest BCUT2D eigenvalue weighted by atomic mass is 16.5. The Bertz CT molecular complexity index is 576. The molecule has 1 aromatic carbocycles. The molecule has 0 bridgehead atoms. The van der Waals surface area contributed by atoms with Crippen molar-refractivity contribution in [2.24, 2.45) is 0 Å². The van der Waals surface area contributed by atoms with Crippen molar-refractivity contribution in [1.29, 1.82) is 0 Å². The number of hydrogen-bond acceptors (Lipinski definition) is 4. The summed E-state index contributed by atoms with van der Waals surface area (Å²) >= 11 is 0. The van der Waals surface area contributed by atoms with Crippen molar-refractivity contribution in [3.63, 3.8) is 0 Å². The van der Waals surface area contributed by atoms with Crippen molar-refractivity contribution in [3.05, 3.63) is 42.0 Å². The zero-order valence-corrected chi connectivity index (χ0v) is 13.8. The van der Waals surface area contributed by atoms with Crippen LogP contribution in [0.2, 0.25) is 0 Å². The second-order valence-corrected chi connectivity index (χ2v) is 6.66. The van der Waals surface area contributed by atoms with Gasteiger partial charge in [0.1, 0.15) is 12.1 Å². The van der Waals surface area contributed by atoms with E-state index in [1.54, 1.807) is 6.08 Å². The third-order valence-electron chi connectivity index (χ3n) is 3.38. The molecule has 0 spiro atoms. The van der Waals surface area contributed by atoms with Gasteiger partial charge in [0, 0.05) is 12.0 Å². The van der Waals surface area contributed by atoms with Crippen LogP contribution in [0.4, 0.5) is 0 Å². The molecule has 1 unspecified atom stereocenters. The molecule has 0 saturated carbocycles. The summed E-state index contributed by atoms with van der Waals surface area (Å²) in [5, 5.41) is 6.02. The number of esters is 1. The normalized spacial score (nSPS) is 19.6. The highest BCUT2D eigenvalue weighted by Gasteiger charge is 2.31. The van der Waals surface area contributed by atoms with Crippen LogP contribution in [0, 0.1) is 0 Å². The predicted octanol–water partition coefficient (Wildman–Crippen LogP) is 1.89. The van der Waals surface area contributed by atoms with Crippen molar-refractivity contribution in [2.75, 3.05) is 6.61 Å². The maximum Gasteiger partial charge on any atom is 0.323 e. The fourth-order valence-corrected chi connectivity index (χ4v) is 2.30. The zero-order chi connectivity index (χ0) is 16.9. The van der Waals surface area contributed by atoms with Crippen molar-refractivity contribution in [3.8, 4) is 0 Å². The van der Waals surface area contributed by atoms with Gasteiger partial charge >= 0.3 is 5.97 Å². The molecule has 23 heavy (non-hydrogen) atoms. The van der Waals surface area contributed by atoms with Crippen molar-refractivity contribution in [2.45, 2.75) is 44.8 Å². The van der Waals surface area contributed by atoms with Crippen LogP contribution in [0.3, 0.4) is 0 Å². The molecule has 1 aliphatic heterocycles. The van der Waals surface area contributed by atoms with E-state index in [2.05, 4.69) is 10.6 Å². The molecule has 2 N–H and O–H groups in total. The quantitative estimate of drug-likeness (QED) is 0.814. The van der Waals surface area contributed by atoms with E-state index >= 15 is 0 Å². The Morgan fingerprint density at radius 1 is 1.30 bits per heavy atom. The first-order chi connectivity index (χ1) is 10.8. The average Bonchev–Trinajstić information content (AvgIpc) is 2.88. The lowest BCUT2D eigenvalue weighted by molar-refractivity contribution is -0.139. The molecule has 5 nitrogen and oxygen atoms in total. The molecule has 5 heteroatoms. The smallest absolute Gasteiger partial charge is 0.323 e. The second kappa shape index (κ2) is 7.42. The third kappa shape index (κ3) is 5.53. The van der Waals surface area contributed by atoms with Gasteiger partial charge in [0.2, 0.25) is 5.91 Å². The van der Waals surface area contributed by atoms with Crippen LogP contribution in [0.1, 0.15) is 32.8 Å². The summed E-state index contributed by atoms with van der Waals surface area (Å²) < 4.78 is 4.95. The molecule has 1 amide bonds. The Kier molecular flexibility index (Phi) is 5.55. The van der Waals surface area contributed by atoms with Gasteiger partial charge in [-0.25, -0.2) is 0 Å².